The third-order valence-electron chi connectivity index (χ3n) is 6.97. The van der Waals surface area contributed by atoms with Crippen LogP contribution in [0.3, 0.4) is 0 Å². The molecular weight excluding hydrogens is 442 g/mol. The van der Waals surface area contributed by atoms with Crippen LogP contribution in [0.5, 0.6) is 11.5 Å². The van der Waals surface area contributed by atoms with Crippen molar-refractivity contribution in [2.24, 2.45) is 5.92 Å². The summed E-state index contributed by atoms with van der Waals surface area (Å²) in [7, 11) is 3.25. The molecule has 2 aromatic rings. The summed E-state index contributed by atoms with van der Waals surface area (Å²) in [5.41, 5.74) is 3.16. The molecule has 3 amide bonds. The fraction of sp³-hybridized carbons (Fsp3) is 0.500. The summed E-state index contributed by atoms with van der Waals surface area (Å²) >= 11 is 0. The standard InChI is InChI=1S/C28H37N3O4/c1-19(2)16-23(27(32)30-13-8-9-14-30)29-28(33)31-15-12-21-17-24(34-3)25(35-4)18-22(21)26(31)20-10-6-5-7-11-20/h5-7,10-11,17-19,23,26H,8-9,12-16H2,1-4H3,(H,29,33)/t23-,26+/m1/s1. The molecule has 0 bridgehead atoms. The fourth-order valence-electron chi connectivity index (χ4n) is 5.24. The highest BCUT2D eigenvalue weighted by atomic mass is 16.5. The second kappa shape index (κ2) is 11.0. The minimum absolute atomic E-state index is 0.0321. The molecule has 2 aliphatic rings. The maximum absolute atomic E-state index is 13.8. The molecule has 2 heterocycles. The van der Waals surface area contributed by atoms with Gasteiger partial charge in [0.1, 0.15) is 6.04 Å². The Bertz CT molecular complexity index is 1030. The molecule has 0 spiro atoms. The van der Waals surface area contributed by atoms with E-state index in [0.29, 0.717) is 30.9 Å². The van der Waals surface area contributed by atoms with E-state index >= 15 is 0 Å². The minimum Gasteiger partial charge on any atom is -0.493 e. The largest absolute Gasteiger partial charge is 0.493 e. The third-order valence-corrected chi connectivity index (χ3v) is 6.97. The molecule has 4 rings (SSSR count). The van der Waals surface area contributed by atoms with Crippen LogP contribution in [0.15, 0.2) is 42.5 Å². The fourth-order valence-corrected chi connectivity index (χ4v) is 5.24. The molecule has 1 saturated heterocycles. The molecule has 2 aromatic carbocycles. The second-order valence-electron chi connectivity index (χ2n) is 9.83. The number of likely N-dealkylation sites (tertiary alicyclic amines) is 1. The van der Waals surface area contributed by atoms with Gasteiger partial charge in [0.2, 0.25) is 5.91 Å². The van der Waals surface area contributed by atoms with Crippen LogP contribution in [0.1, 0.15) is 55.8 Å². The van der Waals surface area contributed by atoms with Crippen molar-refractivity contribution in [3.63, 3.8) is 0 Å². The first-order chi connectivity index (χ1) is 16.9. The van der Waals surface area contributed by atoms with Gasteiger partial charge in [-0.1, -0.05) is 44.2 Å². The van der Waals surface area contributed by atoms with Gasteiger partial charge in [0, 0.05) is 19.6 Å². The summed E-state index contributed by atoms with van der Waals surface area (Å²) < 4.78 is 11.1. The topological polar surface area (TPSA) is 71.1 Å². The Balaban J connectivity index is 1.66. The molecule has 188 valence electrons. The average Bonchev–Trinajstić information content (AvgIpc) is 3.41. The van der Waals surface area contributed by atoms with Gasteiger partial charge in [-0.3, -0.25) is 4.79 Å². The number of hydrogen-bond acceptors (Lipinski definition) is 4. The van der Waals surface area contributed by atoms with E-state index in [1.165, 1.54) is 0 Å². The average molecular weight is 480 g/mol. The molecule has 2 aliphatic heterocycles. The van der Waals surface area contributed by atoms with Crippen molar-refractivity contribution < 1.29 is 19.1 Å². The Morgan fingerprint density at radius 2 is 1.66 bits per heavy atom. The normalized spacial score (nSPS) is 18.3. The molecule has 1 fully saturated rings. The van der Waals surface area contributed by atoms with Crippen LogP contribution in [0.4, 0.5) is 4.79 Å². The lowest BCUT2D eigenvalue weighted by Crippen LogP contribution is -2.54. The second-order valence-corrected chi connectivity index (χ2v) is 9.83. The number of carbonyl (C=O) groups excluding carboxylic acids is 2. The summed E-state index contributed by atoms with van der Waals surface area (Å²) in [4.78, 5) is 30.8. The number of hydrogen-bond donors (Lipinski definition) is 1. The molecule has 35 heavy (non-hydrogen) atoms. The smallest absolute Gasteiger partial charge is 0.318 e. The maximum Gasteiger partial charge on any atom is 0.318 e. The number of ether oxygens (including phenoxy) is 2. The Hall–Kier alpha value is -3.22. The molecule has 2 atom stereocenters. The first-order valence-electron chi connectivity index (χ1n) is 12.6. The number of methoxy groups -OCH3 is 2. The van der Waals surface area contributed by atoms with Crippen LogP contribution in [0.2, 0.25) is 0 Å². The first-order valence-corrected chi connectivity index (χ1v) is 12.6. The summed E-state index contributed by atoms with van der Waals surface area (Å²) in [6.45, 7) is 6.25. The van der Waals surface area contributed by atoms with Gasteiger partial charge < -0.3 is 24.6 Å². The zero-order valence-electron chi connectivity index (χ0n) is 21.3. The van der Waals surface area contributed by atoms with Crippen molar-refractivity contribution in [1.82, 2.24) is 15.1 Å². The monoisotopic (exact) mass is 479 g/mol. The van der Waals surface area contributed by atoms with Crippen LogP contribution in [-0.4, -0.2) is 61.6 Å². The number of benzene rings is 2. The predicted octanol–water partition coefficient (Wildman–Crippen LogP) is 4.40. The maximum atomic E-state index is 13.8. The number of nitrogens with zero attached hydrogens (tertiary/aromatic N) is 2. The number of carbonyl (C=O) groups is 2. The van der Waals surface area contributed by atoms with Gasteiger partial charge in [0.15, 0.2) is 11.5 Å². The summed E-state index contributed by atoms with van der Waals surface area (Å²) in [5.74, 6) is 1.64. The lowest BCUT2D eigenvalue weighted by Gasteiger charge is -2.39. The van der Waals surface area contributed by atoms with Gasteiger partial charge in [-0.15, -0.1) is 0 Å². The highest BCUT2D eigenvalue weighted by Crippen LogP contribution is 2.41. The van der Waals surface area contributed by atoms with E-state index in [1.54, 1.807) is 14.2 Å². The van der Waals surface area contributed by atoms with Crippen molar-refractivity contribution in [2.75, 3.05) is 33.9 Å². The van der Waals surface area contributed by atoms with E-state index < -0.39 is 6.04 Å². The lowest BCUT2D eigenvalue weighted by atomic mass is 9.88. The van der Waals surface area contributed by atoms with E-state index in [1.807, 2.05) is 52.3 Å². The highest BCUT2D eigenvalue weighted by molar-refractivity contribution is 5.87. The Kier molecular flexibility index (Phi) is 7.83. The van der Waals surface area contributed by atoms with E-state index in [2.05, 4.69) is 19.2 Å². The minimum atomic E-state index is -0.524. The van der Waals surface area contributed by atoms with E-state index in [-0.39, 0.29) is 23.9 Å². The molecule has 1 N–H and O–H groups in total. The van der Waals surface area contributed by atoms with Gasteiger partial charge in [-0.2, -0.15) is 0 Å². The zero-order chi connectivity index (χ0) is 24.9. The van der Waals surface area contributed by atoms with E-state index in [9.17, 15) is 9.59 Å². The van der Waals surface area contributed by atoms with Gasteiger partial charge in [0.25, 0.3) is 0 Å². The van der Waals surface area contributed by atoms with Crippen LogP contribution >= 0.6 is 0 Å². The molecule has 0 aromatic heterocycles. The number of nitrogens with one attached hydrogen (secondary N) is 1. The lowest BCUT2D eigenvalue weighted by molar-refractivity contribution is -0.132. The van der Waals surface area contributed by atoms with Crippen molar-refractivity contribution in [1.29, 1.82) is 0 Å². The quantitative estimate of drug-likeness (QED) is 0.639. The van der Waals surface area contributed by atoms with Gasteiger partial charge >= 0.3 is 6.03 Å². The van der Waals surface area contributed by atoms with Gasteiger partial charge in [-0.05, 0) is 60.4 Å². The van der Waals surface area contributed by atoms with Crippen LogP contribution in [0.25, 0.3) is 0 Å². The molecule has 0 saturated carbocycles. The summed E-state index contributed by atoms with van der Waals surface area (Å²) in [6.07, 6.45) is 3.37. The SMILES string of the molecule is COc1cc2c(cc1OC)[C@H](c1ccccc1)N(C(=O)N[C@H](CC(C)C)C(=O)N1CCCC1)CC2. The van der Waals surface area contributed by atoms with Crippen LogP contribution in [-0.2, 0) is 11.2 Å². The zero-order valence-corrected chi connectivity index (χ0v) is 21.3. The van der Waals surface area contributed by atoms with E-state index in [4.69, 9.17) is 9.47 Å². The Morgan fingerprint density at radius 1 is 1.00 bits per heavy atom. The summed E-state index contributed by atoms with van der Waals surface area (Å²) in [6, 6.07) is 13.0. The summed E-state index contributed by atoms with van der Waals surface area (Å²) in [5, 5.41) is 3.12. The molecule has 0 radical (unpaired) electrons. The number of rotatable bonds is 7. The van der Waals surface area contributed by atoms with Crippen molar-refractivity contribution in [3.8, 4) is 11.5 Å². The number of amides is 3. The van der Waals surface area contributed by atoms with Crippen molar-refractivity contribution in [2.45, 2.75) is 51.6 Å². The molecule has 7 nitrogen and oxygen atoms in total. The van der Waals surface area contributed by atoms with Crippen LogP contribution < -0.4 is 14.8 Å². The van der Waals surface area contributed by atoms with Crippen molar-refractivity contribution in [3.05, 3.63) is 59.2 Å². The Labute approximate surface area is 208 Å². The third kappa shape index (κ3) is 5.39. The number of fused-ring (bicyclic) bond motifs is 1. The molecular formula is C28H37N3O4. The van der Waals surface area contributed by atoms with Gasteiger partial charge in [0.05, 0.1) is 20.3 Å². The molecule has 7 heteroatoms. The van der Waals surface area contributed by atoms with Crippen LogP contribution in [0, 0.1) is 5.92 Å². The molecule has 0 unspecified atom stereocenters. The van der Waals surface area contributed by atoms with Crippen molar-refractivity contribution >= 4 is 11.9 Å². The highest BCUT2D eigenvalue weighted by Gasteiger charge is 2.36. The predicted molar refractivity (Wildman–Crippen MR) is 136 cm³/mol. The first kappa shape index (κ1) is 24.9. The number of urea groups is 1. The van der Waals surface area contributed by atoms with E-state index in [0.717, 1.165) is 42.6 Å². The van der Waals surface area contributed by atoms with Gasteiger partial charge in [-0.25, -0.2) is 4.79 Å². The molecule has 0 aliphatic carbocycles. The Morgan fingerprint density at radius 3 is 2.29 bits per heavy atom.